The molecule has 2 aromatic heterocycles. The number of fused-ring (bicyclic) bond motifs is 1. The van der Waals surface area contributed by atoms with Crippen molar-refractivity contribution < 1.29 is 13.2 Å². The lowest BCUT2D eigenvalue weighted by atomic mass is 9.63. The molecule has 1 fully saturated rings. The minimum Gasteiger partial charge on any atom is -0.366 e. The molecule has 4 rings (SSSR count). The Hall–Kier alpha value is -2.13. The average Bonchev–Trinajstić information content (AvgIpc) is 3.12. The first kappa shape index (κ1) is 20.2. The molecule has 0 spiro atoms. The predicted molar refractivity (Wildman–Crippen MR) is 104 cm³/mol. The molecule has 1 atom stereocenters. The van der Waals surface area contributed by atoms with Gasteiger partial charge in [-0.25, -0.2) is 0 Å². The van der Waals surface area contributed by atoms with Crippen LogP contribution in [0, 0.1) is 11.3 Å². The number of rotatable bonds is 4. The second-order valence-corrected chi connectivity index (χ2v) is 8.29. The van der Waals surface area contributed by atoms with Crippen LogP contribution in [-0.4, -0.2) is 32.4 Å². The maximum absolute atomic E-state index is 13.1. The smallest absolute Gasteiger partial charge is 0.366 e. The van der Waals surface area contributed by atoms with E-state index in [9.17, 15) is 13.2 Å². The average molecular weight is 427 g/mol. The van der Waals surface area contributed by atoms with Crippen molar-refractivity contribution in [3.63, 3.8) is 0 Å². The number of hydrogen-bond acceptors (Lipinski definition) is 5. The quantitative estimate of drug-likeness (QED) is 0.767. The third-order valence-corrected chi connectivity index (χ3v) is 6.36. The molecule has 0 amide bonds. The van der Waals surface area contributed by atoms with E-state index in [0.29, 0.717) is 18.3 Å². The van der Waals surface area contributed by atoms with Crippen molar-refractivity contribution in [2.75, 3.05) is 11.9 Å². The highest BCUT2D eigenvalue weighted by atomic mass is 35.5. The van der Waals surface area contributed by atoms with Crippen molar-refractivity contribution >= 4 is 23.1 Å². The summed E-state index contributed by atoms with van der Waals surface area (Å²) in [4.78, 5) is 0. The van der Waals surface area contributed by atoms with Gasteiger partial charge in [-0.1, -0.05) is 23.8 Å². The van der Waals surface area contributed by atoms with Gasteiger partial charge in [0, 0.05) is 11.1 Å². The molecule has 0 radical (unpaired) electrons. The van der Waals surface area contributed by atoms with E-state index in [1.165, 1.54) is 6.07 Å². The predicted octanol–water partition coefficient (Wildman–Crippen LogP) is 4.14. The largest absolute Gasteiger partial charge is 0.453 e. The summed E-state index contributed by atoms with van der Waals surface area (Å²) in [6.07, 6.45) is 5.85. The topological polar surface area (TPSA) is 81.1 Å². The molecule has 2 aromatic rings. The van der Waals surface area contributed by atoms with Gasteiger partial charge in [-0.15, -0.1) is 15.3 Å². The molecule has 2 heterocycles. The van der Waals surface area contributed by atoms with Gasteiger partial charge in [0.25, 0.3) is 5.82 Å². The number of nitrogens with two attached hydrogens (primary N) is 1. The van der Waals surface area contributed by atoms with Crippen LogP contribution in [0.3, 0.4) is 0 Å². The highest BCUT2D eigenvalue weighted by molar-refractivity contribution is 6.29. The van der Waals surface area contributed by atoms with Crippen molar-refractivity contribution in [1.82, 2.24) is 19.8 Å². The van der Waals surface area contributed by atoms with Crippen LogP contribution < -0.4 is 11.1 Å². The lowest BCUT2D eigenvalue weighted by Gasteiger charge is -2.45. The fourth-order valence-corrected chi connectivity index (χ4v) is 4.61. The molecule has 1 saturated carbocycles. The fraction of sp³-hybridized carbons (Fsp3) is 0.526. The van der Waals surface area contributed by atoms with Crippen LogP contribution in [0.15, 0.2) is 35.4 Å². The number of halogens is 4. The summed E-state index contributed by atoms with van der Waals surface area (Å²) in [6.45, 7) is 0.582. The van der Waals surface area contributed by atoms with Gasteiger partial charge in [0.2, 0.25) is 0 Å². The third kappa shape index (κ3) is 3.98. The lowest BCUT2D eigenvalue weighted by molar-refractivity contribution is -0.146. The Kier molecular flexibility index (Phi) is 5.29. The first-order chi connectivity index (χ1) is 13.8. The first-order valence-corrected chi connectivity index (χ1v) is 9.98. The number of hydrogen-bond donors (Lipinski definition) is 2. The number of alkyl halides is 3. The molecule has 0 aromatic carbocycles. The monoisotopic (exact) mass is 426 g/mol. The third-order valence-electron chi connectivity index (χ3n) is 6.08. The van der Waals surface area contributed by atoms with E-state index in [1.54, 1.807) is 6.07 Å². The van der Waals surface area contributed by atoms with Crippen LogP contribution in [-0.2, 0) is 6.18 Å². The second kappa shape index (κ2) is 7.60. The Morgan fingerprint density at radius 3 is 2.66 bits per heavy atom. The maximum Gasteiger partial charge on any atom is 0.453 e. The zero-order valence-electron chi connectivity index (χ0n) is 15.7. The summed E-state index contributed by atoms with van der Waals surface area (Å²) in [7, 11) is 0. The van der Waals surface area contributed by atoms with E-state index in [0.717, 1.165) is 41.7 Å². The Balaban J connectivity index is 1.45. The molecule has 0 aliphatic heterocycles. The van der Waals surface area contributed by atoms with Crippen LogP contribution in [0.4, 0.5) is 19.0 Å². The SMILES string of the molecule is NC[C@]1(C2C=CC=C(Cl)C2)CC[C@H](Nc2ccc3nnc(C(F)(F)F)n3n2)CC1. The van der Waals surface area contributed by atoms with E-state index in [-0.39, 0.29) is 17.1 Å². The number of anilines is 1. The van der Waals surface area contributed by atoms with Gasteiger partial charge in [0.15, 0.2) is 5.65 Å². The van der Waals surface area contributed by atoms with Gasteiger partial charge in [0.1, 0.15) is 5.82 Å². The highest BCUT2D eigenvalue weighted by Gasteiger charge is 2.41. The Bertz CT molecular complexity index is 943. The number of aromatic nitrogens is 4. The zero-order valence-corrected chi connectivity index (χ0v) is 16.4. The van der Waals surface area contributed by atoms with Gasteiger partial charge in [-0.2, -0.15) is 17.7 Å². The molecule has 156 valence electrons. The molecule has 0 bridgehead atoms. The van der Waals surface area contributed by atoms with E-state index >= 15 is 0 Å². The second-order valence-electron chi connectivity index (χ2n) is 7.80. The molecular formula is C19H22ClF3N6. The van der Waals surface area contributed by atoms with Gasteiger partial charge < -0.3 is 11.1 Å². The molecule has 0 saturated heterocycles. The van der Waals surface area contributed by atoms with Gasteiger partial charge in [-0.05, 0) is 68.2 Å². The zero-order chi connectivity index (χ0) is 20.6. The van der Waals surface area contributed by atoms with Crippen LogP contribution in [0.1, 0.15) is 37.9 Å². The minimum absolute atomic E-state index is 0.00180. The number of allylic oxidation sites excluding steroid dienone is 4. The highest BCUT2D eigenvalue weighted by Crippen LogP contribution is 2.46. The van der Waals surface area contributed by atoms with Gasteiger partial charge in [-0.3, -0.25) is 0 Å². The molecule has 3 N–H and O–H groups in total. The van der Waals surface area contributed by atoms with E-state index in [1.807, 2.05) is 12.2 Å². The van der Waals surface area contributed by atoms with Crippen LogP contribution in [0.5, 0.6) is 0 Å². The summed E-state index contributed by atoms with van der Waals surface area (Å²) in [5, 5.41) is 14.9. The minimum atomic E-state index is -4.61. The molecule has 1 unspecified atom stereocenters. The van der Waals surface area contributed by atoms with Crippen molar-refractivity contribution in [2.45, 2.75) is 44.3 Å². The summed E-state index contributed by atoms with van der Waals surface area (Å²) < 4.78 is 39.9. The number of nitrogens with zero attached hydrogens (tertiary/aromatic N) is 4. The molecule has 29 heavy (non-hydrogen) atoms. The van der Waals surface area contributed by atoms with E-state index in [2.05, 4.69) is 26.7 Å². The fourth-order valence-electron chi connectivity index (χ4n) is 4.38. The van der Waals surface area contributed by atoms with Crippen molar-refractivity contribution in [2.24, 2.45) is 17.1 Å². The van der Waals surface area contributed by atoms with Crippen LogP contribution >= 0.6 is 11.6 Å². The standard InChI is InChI=1S/C19H22ClF3N6/c20-13-3-1-2-12(10-13)18(11-24)8-6-14(7-9-18)25-15-4-5-16-26-27-17(19(21,22)23)29(16)28-15/h1-5,12,14H,6-11,24H2,(H,25,28)/t12?,14-,18-. The van der Waals surface area contributed by atoms with E-state index < -0.39 is 12.0 Å². The van der Waals surface area contributed by atoms with Crippen molar-refractivity contribution in [1.29, 1.82) is 0 Å². The first-order valence-electron chi connectivity index (χ1n) is 9.60. The van der Waals surface area contributed by atoms with Crippen molar-refractivity contribution in [3.05, 3.63) is 41.2 Å². The normalized spacial score (nSPS) is 27.8. The summed E-state index contributed by atoms with van der Waals surface area (Å²) >= 11 is 6.22. The Morgan fingerprint density at radius 1 is 1.24 bits per heavy atom. The van der Waals surface area contributed by atoms with E-state index in [4.69, 9.17) is 17.3 Å². The van der Waals surface area contributed by atoms with Crippen LogP contribution in [0.2, 0.25) is 0 Å². The summed E-state index contributed by atoms with van der Waals surface area (Å²) in [5.41, 5.74) is 6.22. The van der Waals surface area contributed by atoms with Crippen molar-refractivity contribution in [3.8, 4) is 0 Å². The lowest BCUT2D eigenvalue weighted by Crippen LogP contribution is -2.43. The molecule has 6 nitrogen and oxygen atoms in total. The number of nitrogens with one attached hydrogen (secondary N) is 1. The van der Waals surface area contributed by atoms with Gasteiger partial charge >= 0.3 is 6.18 Å². The summed E-state index contributed by atoms with van der Waals surface area (Å²) in [6, 6.07) is 3.22. The maximum atomic E-state index is 13.1. The molecule has 2 aliphatic carbocycles. The Labute approximate surface area is 171 Å². The summed E-state index contributed by atoms with van der Waals surface area (Å²) in [5.74, 6) is -0.445. The Morgan fingerprint density at radius 2 is 2.00 bits per heavy atom. The van der Waals surface area contributed by atoms with Gasteiger partial charge in [0.05, 0.1) is 0 Å². The molecular weight excluding hydrogens is 405 g/mol. The molecule has 10 heteroatoms. The molecule has 2 aliphatic rings. The van der Waals surface area contributed by atoms with Crippen LogP contribution in [0.25, 0.3) is 5.65 Å².